The molecule has 0 atom stereocenters. The first-order valence-corrected chi connectivity index (χ1v) is 5.48. The molecule has 3 heteroatoms. The third-order valence-electron chi connectivity index (χ3n) is 2.33. The van der Waals surface area contributed by atoms with Gasteiger partial charge in [0, 0.05) is 12.1 Å². The van der Waals surface area contributed by atoms with E-state index in [-0.39, 0.29) is 12.5 Å². The van der Waals surface area contributed by atoms with E-state index >= 15 is 0 Å². The minimum Gasteiger partial charge on any atom is -0.456 e. The van der Waals surface area contributed by atoms with Crippen molar-refractivity contribution in [2.24, 2.45) is 0 Å². The Kier molecular flexibility index (Phi) is 3.86. The Morgan fingerprint density at radius 2 is 1.65 bits per heavy atom. The van der Waals surface area contributed by atoms with Crippen molar-refractivity contribution in [1.29, 1.82) is 0 Å². The molecule has 0 aliphatic carbocycles. The zero-order valence-corrected chi connectivity index (χ0v) is 9.45. The van der Waals surface area contributed by atoms with E-state index in [0.29, 0.717) is 6.61 Å². The van der Waals surface area contributed by atoms with Crippen LogP contribution in [0.15, 0.2) is 60.9 Å². The van der Waals surface area contributed by atoms with E-state index < -0.39 is 0 Å². The minimum absolute atomic E-state index is 0.231. The van der Waals surface area contributed by atoms with Crippen LogP contribution < -0.4 is 4.57 Å². The molecule has 2 aromatic rings. The van der Waals surface area contributed by atoms with Gasteiger partial charge in [-0.25, -0.2) is 4.79 Å². The van der Waals surface area contributed by atoms with Crippen LogP contribution in [-0.4, -0.2) is 5.97 Å². The first-order valence-electron chi connectivity index (χ1n) is 5.48. The molecule has 0 fully saturated rings. The maximum Gasteiger partial charge on any atom is 0.373 e. The van der Waals surface area contributed by atoms with Crippen molar-refractivity contribution in [2.45, 2.75) is 13.2 Å². The predicted molar refractivity (Wildman–Crippen MR) is 62.9 cm³/mol. The summed E-state index contributed by atoms with van der Waals surface area (Å²) in [4.78, 5) is 11.5. The number of ether oxygens (including phenoxy) is 1. The molecule has 3 nitrogen and oxygen atoms in total. The van der Waals surface area contributed by atoms with Crippen molar-refractivity contribution < 1.29 is 14.1 Å². The van der Waals surface area contributed by atoms with Gasteiger partial charge in [0.1, 0.15) is 6.61 Å². The number of hydrogen-bond donors (Lipinski definition) is 0. The van der Waals surface area contributed by atoms with Crippen LogP contribution in [0.1, 0.15) is 5.56 Å². The Morgan fingerprint density at radius 3 is 2.35 bits per heavy atom. The lowest BCUT2D eigenvalue weighted by Crippen LogP contribution is -2.37. The number of rotatable bonds is 4. The van der Waals surface area contributed by atoms with E-state index in [0.717, 1.165) is 5.56 Å². The molecule has 0 aliphatic rings. The molecule has 0 aliphatic heterocycles. The smallest absolute Gasteiger partial charge is 0.373 e. The molecule has 0 saturated carbocycles. The first-order chi connectivity index (χ1) is 8.34. The van der Waals surface area contributed by atoms with Crippen molar-refractivity contribution in [3.05, 3.63) is 66.5 Å². The Labute approximate surface area is 100 Å². The van der Waals surface area contributed by atoms with E-state index in [9.17, 15) is 4.79 Å². The zero-order valence-electron chi connectivity index (χ0n) is 9.45. The second-order valence-corrected chi connectivity index (χ2v) is 3.69. The number of nitrogens with zero attached hydrogens (tertiary/aromatic N) is 1. The van der Waals surface area contributed by atoms with E-state index in [1.807, 2.05) is 60.9 Å². The molecule has 0 radical (unpaired) electrons. The highest BCUT2D eigenvalue weighted by Crippen LogP contribution is 2.00. The average Bonchev–Trinajstić information content (AvgIpc) is 2.39. The molecule has 0 unspecified atom stereocenters. The summed E-state index contributed by atoms with van der Waals surface area (Å²) in [7, 11) is 0. The van der Waals surface area contributed by atoms with Crippen LogP contribution in [0.2, 0.25) is 0 Å². The fourth-order valence-electron chi connectivity index (χ4n) is 1.47. The molecule has 2 rings (SSSR count). The van der Waals surface area contributed by atoms with Gasteiger partial charge in [-0.05, 0) is 5.56 Å². The topological polar surface area (TPSA) is 30.2 Å². The molecule has 0 amide bonds. The fourth-order valence-corrected chi connectivity index (χ4v) is 1.47. The van der Waals surface area contributed by atoms with Gasteiger partial charge in [-0.15, -0.1) is 0 Å². The van der Waals surface area contributed by atoms with E-state index in [4.69, 9.17) is 4.74 Å². The molecule has 86 valence electrons. The van der Waals surface area contributed by atoms with Crippen LogP contribution in [0, 0.1) is 0 Å². The van der Waals surface area contributed by atoms with Gasteiger partial charge < -0.3 is 4.74 Å². The third kappa shape index (κ3) is 3.72. The molecule has 1 heterocycles. The highest BCUT2D eigenvalue weighted by Gasteiger charge is 2.09. The van der Waals surface area contributed by atoms with Gasteiger partial charge in [0.15, 0.2) is 12.4 Å². The van der Waals surface area contributed by atoms with Crippen molar-refractivity contribution in [3.63, 3.8) is 0 Å². The summed E-state index contributed by atoms with van der Waals surface area (Å²) < 4.78 is 6.96. The average molecular weight is 228 g/mol. The van der Waals surface area contributed by atoms with Crippen LogP contribution >= 0.6 is 0 Å². The monoisotopic (exact) mass is 228 g/mol. The lowest BCUT2D eigenvalue weighted by Gasteiger charge is -2.02. The number of esters is 1. The summed E-state index contributed by atoms with van der Waals surface area (Å²) >= 11 is 0. The summed E-state index contributed by atoms with van der Waals surface area (Å²) in [6, 6.07) is 15.3. The maximum absolute atomic E-state index is 11.5. The van der Waals surface area contributed by atoms with Gasteiger partial charge in [0.05, 0.1) is 0 Å². The number of hydrogen-bond acceptors (Lipinski definition) is 2. The minimum atomic E-state index is -0.231. The van der Waals surface area contributed by atoms with Crippen molar-refractivity contribution in [3.8, 4) is 0 Å². The summed E-state index contributed by atoms with van der Waals surface area (Å²) in [5, 5.41) is 0. The van der Waals surface area contributed by atoms with Gasteiger partial charge in [0.2, 0.25) is 6.54 Å². The van der Waals surface area contributed by atoms with Gasteiger partial charge in [-0.2, -0.15) is 4.57 Å². The number of carbonyl (C=O) groups excluding carboxylic acids is 1. The summed E-state index contributed by atoms with van der Waals surface area (Å²) in [5.41, 5.74) is 0.999. The van der Waals surface area contributed by atoms with E-state index in [1.165, 1.54) is 0 Å². The molecule has 0 saturated heterocycles. The van der Waals surface area contributed by atoms with Crippen LogP contribution in [-0.2, 0) is 22.7 Å². The molecule has 0 N–H and O–H groups in total. The normalized spacial score (nSPS) is 9.88. The lowest BCUT2D eigenvalue weighted by molar-refractivity contribution is -0.686. The predicted octanol–water partition coefficient (Wildman–Crippen LogP) is 1.72. The van der Waals surface area contributed by atoms with Crippen LogP contribution in [0.3, 0.4) is 0 Å². The summed E-state index contributed by atoms with van der Waals surface area (Å²) in [5.74, 6) is -0.231. The lowest BCUT2D eigenvalue weighted by atomic mass is 10.2. The second-order valence-electron chi connectivity index (χ2n) is 3.69. The van der Waals surface area contributed by atoms with Gasteiger partial charge in [-0.1, -0.05) is 36.4 Å². The number of pyridine rings is 1. The molecule has 17 heavy (non-hydrogen) atoms. The zero-order chi connectivity index (χ0) is 11.9. The standard InChI is InChI=1S/C14H14NO2/c16-14(11-15-9-5-2-6-10-15)17-12-13-7-3-1-4-8-13/h1-10H,11-12H2/q+1. The van der Waals surface area contributed by atoms with Crippen molar-refractivity contribution in [1.82, 2.24) is 0 Å². The molecular formula is C14H14NO2+. The van der Waals surface area contributed by atoms with Gasteiger partial charge in [0.25, 0.3) is 0 Å². The summed E-state index contributed by atoms with van der Waals surface area (Å²) in [6.45, 7) is 0.570. The van der Waals surface area contributed by atoms with Crippen LogP contribution in [0.5, 0.6) is 0 Å². The molecule has 0 spiro atoms. The van der Waals surface area contributed by atoms with Crippen LogP contribution in [0.25, 0.3) is 0 Å². The fraction of sp³-hybridized carbons (Fsp3) is 0.143. The second kappa shape index (κ2) is 5.80. The van der Waals surface area contributed by atoms with E-state index in [1.54, 1.807) is 4.57 Å². The molecular weight excluding hydrogens is 214 g/mol. The highest BCUT2D eigenvalue weighted by atomic mass is 16.5. The Bertz CT molecular complexity index is 468. The summed E-state index contributed by atoms with van der Waals surface area (Å²) in [6.07, 6.45) is 3.67. The van der Waals surface area contributed by atoms with E-state index in [2.05, 4.69) is 0 Å². The van der Waals surface area contributed by atoms with Crippen molar-refractivity contribution >= 4 is 5.97 Å². The van der Waals surface area contributed by atoms with Gasteiger partial charge >= 0.3 is 5.97 Å². The SMILES string of the molecule is O=C(C[n+]1ccccc1)OCc1ccccc1. The Morgan fingerprint density at radius 1 is 1.00 bits per heavy atom. The number of carbonyl (C=O) groups is 1. The Balaban J connectivity index is 1.83. The Hall–Kier alpha value is -2.16. The quantitative estimate of drug-likeness (QED) is 0.589. The first kappa shape index (κ1) is 11.3. The molecule has 1 aromatic carbocycles. The molecule has 0 bridgehead atoms. The van der Waals surface area contributed by atoms with Crippen LogP contribution in [0.4, 0.5) is 0 Å². The maximum atomic E-state index is 11.5. The molecule has 1 aromatic heterocycles. The van der Waals surface area contributed by atoms with Crippen molar-refractivity contribution in [2.75, 3.05) is 0 Å². The largest absolute Gasteiger partial charge is 0.456 e. The van der Waals surface area contributed by atoms with Gasteiger partial charge in [-0.3, -0.25) is 0 Å². The highest BCUT2D eigenvalue weighted by molar-refractivity contribution is 5.67. The number of aromatic nitrogens is 1. The number of benzene rings is 1. The third-order valence-corrected chi connectivity index (χ3v) is 2.33.